The molecule has 20 heavy (non-hydrogen) atoms. The lowest BCUT2D eigenvalue weighted by Crippen LogP contribution is -2.46. The van der Waals surface area contributed by atoms with Gasteiger partial charge < -0.3 is 15.0 Å². The first kappa shape index (κ1) is 13.3. The van der Waals surface area contributed by atoms with Gasteiger partial charge in [0, 0.05) is 31.6 Å². The van der Waals surface area contributed by atoms with Gasteiger partial charge in [0.1, 0.15) is 6.20 Å². The van der Waals surface area contributed by atoms with Crippen LogP contribution in [0.1, 0.15) is 13.3 Å². The number of thiazole rings is 1. The van der Waals surface area contributed by atoms with Crippen LogP contribution >= 0.6 is 11.3 Å². The number of nitro groups is 1. The van der Waals surface area contributed by atoms with Crippen LogP contribution in [0.5, 0.6) is 0 Å². The Labute approximate surface area is 120 Å². The standard InChI is InChI=1S/C12H17N5O2S/c1-2-3-14-4-6-15(7-5-14)10-11(17(18)19)16-8-9-20-12(16)13-10/h8-9H,2-7H2,1H3. The summed E-state index contributed by atoms with van der Waals surface area (Å²) in [6.45, 7) is 6.73. The molecule has 7 nitrogen and oxygen atoms in total. The lowest BCUT2D eigenvalue weighted by Gasteiger charge is -2.34. The summed E-state index contributed by atoms with van der Waals surface area (Å²) in [5.74, 6) is 0.600. The van der Waals surface area contributed by atoms with Crippen LogP contribution in [0.15, 0.2) is 11.6 Å². The van der Waals surface area contributed by atoms with E-state index in [1.54, 1.807) is 10.6 Å². The van der Waals surface area contributed by atoms with Gasteiger partial charge in [-0.15, -0.1) is 0 Å². The molecule has 3 rings (SSSR count). The maximum Gasteiger partial charge on any atom is 0.373 e. The summed E-state index contributed by atoms with van der Waals surface area (Å²) in [6, 6.07) is 0. The molecule has 0 atom stereocenters. The Kier molecular flexibility index (Phi) is 3.58. The summed E-state index contributed by atoms with van der Waals surface area (Å²) in [7, 11) is 0. The average molecular weight is 295 g/mol. The lowest BCUT2D eigenvalue weighted by atomic mass is 10.3. The van der Waals surface area contributed by atoms with Crippen LogP contribution in [-0.2, 0) is 0 Å². The molecule has 2 aromatic heterocycles. The average Bonchev–Trinajstić information content (AvgIpc) is 2.99. The Hall–Kier alpha value is -1.67. The molecule has 0 radical (unpaired) electrons. The van der Waals surface area contributed by atoms with Gasteiger partial charge in [0.15, 0.2) is 0 Å². The first-order valence-corrected chi connectivity index (χ1v) is 7.66. The number of hydrogen-bond donors (Lipinski definition) is 0. The topological polar surface area (TPSA) is 66.9 Å². The largest absolute Gasteiger partial charge is 0.373 e. The molecule has 108 valence electrons. The summed E-state index contributed by atoms with van der Waals surface area (Å²) in [6.07, 6.45) is 2.85. The molecule has 1 aliphatic heterocycles. The van der Waals surface area contributed by atoms with Crippen molar-refractivity contribution in [1.29, 1.82) is 0 Å². The van der Waals surface area contributed by atoms with Gasteiger partial charge in [-0.1, -0.05) is 18.3 Å². The molecule has 8 heteroatoms. The van der Waals surface area contributed by atoms with Crippen LogP contribution in [0.2, 0.25) is 0 Å². The zero-order valence-electron chi connectivity index (χ0n) is 11.4. The molecule has 0 bridgehead atoms. The summed E-state index contributed by atoms with van der Waals surface area (Å²) in [5.41, 5.74) is 0. The number of piperazine rings is 1. The Morgan fingerprint density at radius 1 is 1.40 bits per heavy atom. The number of rotatable bonds is 4. The maximum absolute atomic E-state index is 11.3. The third-order valence-electron chi connectivity index (χ3n) is 3.60. The van der Waals surface area contributed by atoms with E-state index in [0.717, 1.165) is 39.1 Å². The zero-order chi connectivity index (χ0) is 14.1. The number of anilines is 1. The van der Waals surface area contributed by atoms with Crippen molar-refractivity contribution in [2.75, 3.05) is 37.6 Å². The number of hydrogen-bond acceptors (Lipinski definition) is 6. The van der Waals surface area contributed by atoms with E-state index in [9.17, 15) is 10.1 Å². The van der Waals surface area contributed by atoms with Crippen LogP contribution in [0.4, 0.5) is 11.6 Å². The van der Waals surface area contributed by atoms with Gasteiger partial charge in [-0.05, 0) is 17.9 Å². The lowest BCUT2D eigenvalue weighted by molar-refractivity contribution is -0.389. The van der Waals surface area contributed by atoms with Crippen molar-refractivity contribution in [3.63, 3.8) is 0 Å². The molecule has 1 saturated heterocycles. The Bertz CT molecular complexity index is 614. The highest BCUT2D eigenvalue weighted by Crippen LogP contribution is 2.31. The second-order valence-electron chi connectivity index (χ2n) is 4.90. The Balaban J connectivity index is 1.85. The van der Waals surface area contributed by atoms with Gasteiger partial charge in [0.2, 0.25) is 5.82 Å². The monoisotopic (exact) mass is 295 g/mol. The Morgan fingerprint density at radius 2 is 2.15 bits per heavy atom. The SMILES string of the molecule is CCCN1CCN(c2nc3sccn3c2[N+](=O)[O-])CC1. The third-order valence-corrected chi connectivity index (χ3v) is 4.36. The van der Waals surface area contributed by atoms with Crippen LogP contribution in [0, 0.1) is 10.1 Å². The quantitative estimate of drug-likeness (QED) is 0.636. The molecule has 0 unspecified atom stereocenters. The molecule has 0 spiro atoms. The summed E-state index contributed by atoms with van der Waals surface area (Å²) >= 11 is 1.42. The highest BCUT2D eigenvalue weighted by atomic mass is 32.1. The van der Waals surface area contributed by atoms with Gasteiger partial charge in [0.25, 0.3) is 4.96 Å². The van der Waals surface area contributed by atoms with E-state index in [1.165, 1.54) is 11.3 Å². The van der Waals surface area contributed by atoms with E-state index in [0.29, 0.717) is 10.8 Å². The number of nitrogens with zero attached hydrogens (tertiary/aromatic N) is 5. The molecule has 0 amide bonds. The first-order valence-electron chi connectivity index (χ1n) is 6.78. The fourth-order valence-electron chi connectivity index (χ4n) is 2.64. The van der Waals surface area contributed by atoms with Crippen molar-refractivity contribution >= 4 is 27.9 Å². The number of aromatic nitrogens is 2. The molecular weight excluding hydrogens is 278 g/mol. The molecule has 2 aromatic rings. The molecule has 0 aliphatic carbocycles. The van der Waals surface area contributed by atoms with Crippen molar-refractivity contribution in [3.05, 3.63) is 21.7 Å². The molecule has 0 saturated carbocycles. The van der Waals surface area contributed by atoms with Gasteiger partial charge in [0.05, 0.1) is 0 Å². The van der Waals surface area contributed by atoms with Crippen LogP contribution in [0.3, 0.4) is 0 Å². The van der Waals surface area contributed by atoms with Crippen LogP contribution < -0.4 is 4.90 Å². The van der Waals surface area contributed by atoms with E-state index >= 15 is 0 Å². The van der Waals surface area contributed by atoms with Crippen LogP contribution in [-0.4, -0.2) is 51.9 Å². The molecule has 1 fully saturated rings. The smallest absolute Gasteiger partial charge is 0.358 e. The fraction of sp³-hybridized carbons (Fsp3) is 0.583. The van der Waals surface area contributed by atoms with E-state index in [1.807, 2.05) is 10.3 Å². The van der Waals surface area contributed by atoms with E-state index in [4.69, 9.17) is 0 Å². The molecule has 1 aliphatic rings. The second kappa shape index (κ2) is 5.37. The second-order valence-corrected chi connectivity index (χ2v) is 5.77. The molecule has 0 N–H and O–H groups in total. The van der Waals surface area contributed by atoms with Crippen molar-refractivity contribution < 1.29 is 4.92 Å². The summed E-state index contributed by atoms with van der Waals surface area (Å²) in [5, 5.41) is 13.1. The van der Waals surface area contributed by atoms with Crippen molar-refractivity contribution in [2.24, 2.45) is 0 Å². The van der Waals surface area contributed by atoms with Gasteiger partial charge in [-0.25, -0.2) is 0 Å². The maximum atomic E-state index is 11.3. The van der Waals surface area contributed by atoms with Crippen molar-refractivity contribution in [1.82, 2.24) is 14.3 Å². The van der Waals surface area contributed by atoms with E-state index in [2.05, 4.69) is 16.8 Å². The predicted octanol–water partition coefficient (Wildman–Crippen LogP) is 1.84. The summed E-state index contributed by atoms with van der Waals surface area (Å²) < 4.78 is 1.57. The minimum atomic E-state index is -0.333. The minimum absolute atomic E-state index is 0.0881. The Morgan fingerprint density at radius 3 is 2.80 bits per heavy atom. The van der Waals surface area contributed by atoms with E-state index < -0.39 is 0 Å². The molecule has 0 aromatic carbocycles. The molecule has 3 heterocycles. The first-order chi connectivity index (χ1) is 9.70. The van der Waals surface area contributed by atoms with Gasteiger partial charge in [-0.2, -0.15) is 9.38 Å². The fourth-order valence-corrected chi connectivity index (χ4v) is 3.35. The normalized spacial score (nSPS) is 16.9. The third kappa shape index (κ3) is 2.25. The highest BCUT2D eigenvalue weighted by Gasteiger charge is 2.29. The van der Waals surface area contributed by atoms with Crippen molar-refractivity contribution in [3.8, 4) is 0 Å². The van der Waals surface area contributed by atoms with Crippen molar-refractivity contribution in [2.45, 2.75) is 13.3 Å². The summed E-state index contributed by atoms with van der Waals surface area (Å²) in [4.78, 5) is 20.5. The van der Waals surface area contributed by atoms with Gasteiger partial charge in [-0.3, -0.25) is 4.90 Å². The zero-order valence-corrected chi connectivity index (χ0v) is 12.2. The number of imidazole rings is 1. The molecular formula is C12H17N5O2S. The predicted molar refractivity (Wildman–Crippen MR) is 78.7 cm³/mol. The highest BCUT2D eigenvalue weighted by molar-refractivity contribution is 7.15. The number of fused-ring (bicyclic) bond motifs is 1. The van der Waals surface area contributed by atoms with Gasteiger partial charge >= 0.3 is 5.82 Å². The van der Waals surface area contributed by atoms with E-state index in [-0.39, 0.29) is 10.7 Å². The van der Waals surface area contributed by atoms with Crippen LogP contribution in [0.25, 0.3) is 4.96 Å². The minimum Gasteiger partial charge on any atom is -0.358 e.